The van der Waals surface area contributed by atoms with Crippen LogP contribution in [0.15, 0.2) is 36.8 Å². The third-order valence-corrected chi connectivity index (χ3v) is 4.72. The second-order valence-corrected chi connectivity index (χ2v) is 6.08. The molecule has 0 aliphatic carbocycles. The van der Waals surface area contributed by atoms with Crippen LogP contribution in [0.1, 0.15) is 36.4 Å². The lowest BCUT2D eigenvalue weighted by atomic mass is 9.84. The van der Waals surface area contributed by atoms with Gasteiger partial charge in [0.1, 0.15) is 0 Å². The highest BCUT2D eigenvalue weighted by Gasteiger charge is 2.39. The minimum atomic E-state index is 0.643. The molecule has 3 atom stereocenters. The zero-order chi connectivity index (χ0) is 13.5. The minimum Gasteiger partial charge on any atom is -0.311 e. The lowest BCUT2D eigenvalue weighted by molar-refractivity contribution is 0.505. The molecule has 0 aromatic carbocycles. The van der Waals surface area contributed by atoms with Gasteiger partial charge >= 0.3 is 0 Å². The van der Waals surface area contributed by atoms with Gasteiger partial charge in [0.2, 0.25) is 0 Å². The smallest absolute Gasteiger partial charge is 0.0378 e. The van der Waals surface area contributed by atoms with Crippen molar-refractivity contribution in [1.29, 1.82) is 0 Å². The van der Waals surface area contributed by atoms with Gasteiger partial charge in [0, 0.05) is 47.8 Å². The van der Waals surface area contributed by atoms with Gasteiger partial charge in [-0.2, -0.15) is 0 Å². The fraction of sp³-hybridized carbons (Fsp3) is 0.412. The van der Waals surface area contributed by atoms with Crippen LogP contribution in [-0.4, -0.2) is 22.1 Å². The van der Waals surface area contributed by atoms with Crippen molar-refractivity contribution in [3.63, 3.8) is 0 Å². The number of nitrogens with zero attached hydrogens (tertiary/aromatic N) is 2. The van der Waals surface area contributed by atoms with E-state index in [-0.39, 0.29) is 0 Å². The van der Waals surface area contributed by atoms with Gasteiger partial charge in [-0.3, -0.25) is 9.97 Å². The quantitative estimate of drug-likeness (QED) is 0.907. The second kappa shape index (κ2) is 4.67. The van der Waals surface area contributed by atoms with Crippen molar-refractivity contribution in [2.75, 3.05) is 0 Å². The molecule has 3 heteroatoms. The summed E-state index contributed by atoms with van der Waals surface area (Å²) < 4.78 is 0. The molecule has 4 rings (SSSR count). The average molecular weight is 265 g/mol. The minimum absolute atomic E-state index is 0.643. The summed E-state index contributed by atoms with van der Waals surface area (Å²) >= 11 is 0. The first-order valence-electron chi connectivity index (χ1n) is 7.43. The molecule has 0 amide bonds. The number of hydrogen-bond acceptors (Lipinski definition) is 3. The molecule has 0 saturated carbocycles. The molecule has 2 aliphatic rings. The molecule has 0 radical (unpaired) electrons. The van der Waals surface area contributed by atoms with Crippen LogP contribution in [0.3, 0.4) is 0 Å². The molecular weight excluding hydrogens is 246 g/mol. The van der Waals surface area contributed by atoms with E-state index < -0.39 is 0 Å². The lowest BCUT2D eigenvalue weighted by Crippen LogP contribution is -2.21. The van der Waals surface area contributed by atoms with Crippen LogP contribution in [0, 0.1) is 6.92 Å². The van der Waals surface area contributed by atoms with Gasteiger partial charge in [-0.15, -0.1) is 0 Å². The highest BCUT2D eigenvalue weighted by Crippen LogP contribution is 2.40. The summed E-state index contributed by atoms with van der Waals surface area (Å²) in [5.41, 5.74) is 4.85. The van der Waals surface area contributed by atoms with Gasteiger partial charge in [-0.1, -0.05) is 0 Å². The van der Waals surface area contributed by atoms with Crippen molar-refractivity contribution < 1.29 is 0 Å². The molecule has 3 unspecified atom stereocenters. The molecule has 4 heterocycles. The number of aromatic nitrogens is 2. The number of pyridine rings is 2. The van der Waals surface area contributed by atoms with Gasteiger partial charge in [-0.05, 0) is 55.5 Å². The van der Waals surface area contributed by atoms with E-state index >= 15 is 0 Å². The van der Waals surface area contributed by atoms with Crippen LogP contribution in [-0.2, 0) is 0 Å². The van der Waals surface area contributed by atoms with Crippen LogP contribution in [0.4, 0.5) is 0 Å². The van der Waals surface area contributed by atoms with Crippen molar-refractivity contribution in [3.05, 3.63) is 48.0 Å². The Morgan fingerprint density at radius 2 is 2.10 bits per heavy atom. The van der Waals surface area contributed by atoms with E-state index in [1.165, 1.54) is 36.0 Å². The topological polar surface area (TPSA) is 37.8 Å². The monoisotopic (exact) mass is 265 g/mol. The molecule has 2 fully saturated rings. The third kappa shape index (κ3) is 2.02. The largest absolute Gasteiger partial charge is 0.311 e. The Morgan fingerprint density at radius 1 is 1.15 bits per heavy atom. The summed E-state index contributed by atoms with van der Waals surface area (Å²) in [7, 11) is 0. The van der Waals surface area contributed by atoms with Gasteiger partial charge in [0.05, 0.1) is 0 Å². The average Bonchev–Trinajstić information content (AvgIpc) is 3.10. The van der Waals surface area contributed by atoms with E-state index in [4.69, 9.17) is 0 Å². The predicted molar refractivity (Wildman–Crippen MR) is 79.5 cm³/mol. The molecule has 0 spiro atoms. The van der Waals surface area contributed by atoms with Crippen molar-refractivity contribution >= 4 is 0 Å². The Labute approximate surface area is 119 Å². The van der Waals surface area contributed by atoms with Crippen LogP contribution in [0.25, 0.3) is 11.1 Å². The van der Waals surface area contributed by atoms with Gasteiger partial charge in [-0.25, -0.2) is 0 Å². The number of rotatable bonds is 2. The summed E-state index contributed by atoms with van der Waals surface area (Å²) in [5.74, 6) is 0.643. The van der Waals surface area contributed by atoms with Crippen LogP contribution < -0.4 is 5.32 Å². The highest BCUT2D eigenvalue weighted by molar-refractivity contribution is 5.63. The summed E-state index contributed by atoms with van der Waals surface area (Å²) in [6.07, 6.45) is 9.80. The van der Waals surface area contributed by atoms with Gasteiger partial charge < -0.3 is 5.32 Å². The molecule has 2 aliphatic heterocycles. The van der Waals surface area contributed by atoms with Crippen LogP contribution in [0.5, 0.6) is 0 Å². The molecule has 2 aromatic heterocycles. The molecule has 20 heavy (non-hydrogen) atoms. The van der Waals surface area contributed by atoms with E-state index in [0.29, 0.717) is 12.0 Å². The van der Waals surface area contributed by atoms with Crippen LogP contribution in [0.2, 0.25) is 0 Å². The Kier molecular flexibility index (Phi) is 2.81. The SMILES string of the molecule is Cc1cc(-c2cncc(C3CC4CCC3N4)c2)ccn1. The molecule has 2 bridgehead atoms. The van der Waals surface area contributed by atoms with Crippen LogP contribution >= 0.6 is 0 Å². The summed E-state index contributed by atoms with van der Waals surface area (Å²) in [5, 5.41) is 3.71. The Balaban J connectivity index is 1.68. The van der Waals surface area contributed by atoms with Crippen molar-refractivity contribution in [1.82, 2.24) is 15.3 Å². The Morgan fingerprint density at radius 3 is 2.85 bits per heavy atom. The fourth-order valence-corrected chi connectivity index (χ4v) is 3.74. The third-order valence-electron chi connectivity index (χ3n) is 4.72. The van der Waals surface area contributed by atoms with Gasteiger partial charge in [0.25, 0.3) is 0 Å². The number of aryl methyl sites for hydroxylation is 1. The molecule has 1 N–H and O–H groups in total. The normalized spacial score (nSPS) is 27.9. The summed E-state index contributed by atoms with van der Waals surface area (Å²) in [4.78, 5) is 8.74. The number of hydrogen-bond donors (Lipinski definition) is 1. The maximum Gasteiger partial charge on any atom is 0.0378 e. The maximum absolute atomic E-state index is 4.47. The predicted octanol–water partition coefficient (Wildman–Crippen LogP) is 3.06. The first kappa shape index (κ1) is 12.0. The molecule has 2 aromatic rings. The fourth-order valence-electron chi connectivity index (χ4n) is 3.74. The summed E-state index contributed by atoms with van der Waals surface area (Å²) in [6.45, 7) is 2.03. The zero-order valence-corrected chi connectivity index (χ0v) is 11.7. The number of nitrogens with one attached hydrogen (secondary N) is 1. The summed E-state index contributed by atoms with van der Waals surface area (Å²) in [6, 6.07) is 7.90. The first-order valence-corrected chi connectivity index (χ1v) is 7.43. The van der Waals surface area contributed by atoms with E-state index in [1.807, 2.05) is 25.5 Å². The first-order chi connectivity index (χ1) is 9.79. The van der Waals surface area contributed by atoms with Crippen molar-refractivity contribution in [2.45, 2.75) is 44.2 Å². The second-order valence-electron chi connectivity index (χ2n) is 6.08. The Bertz CT molecular complexity index is 638. The highest BCUT2D eigenvalue weighted by atomic mass is 15.0. The standard InChI is InChI=1S/C17H19N3/c1-11-6-12(4-5-19-11)13-7-14(10-18-9-13)16-8-15-2-3-17(16)20-15/h4-7,9-10,15-17,20H,2-3,8H2,1H3. The Hall–Kier alpha value is -1.74. The molecule has 3 nitrogen and oxygen atoms in total. The van der Waals surface area contributed by atoms with E-state index in [0.717, 1.165) is 11.7 Å². The lowest BCUT2D eigenvalue weighted by Gasteiger charge is -2.20. The number of fused-ring (bicyclic) bond motifs is 2. The molecule has 102 valence electrons. The van der Waals surface area contributed by atoms with E-state index in [2.05, 4.69) is 33.5 Å². The zero-order valence-electron chi connectivity index (χ0n) is 11.7. The maximum atomic E-state index is 4.47. The molecular formula is C17H19N3. The molecule has 2 saturated heterocycles. The van der Waals surface area contributed by atoms with E-state index in [9.17, 15) is 0 Å². The van der Waals surface area contributed by atoms with Crippen molar-refractivity contribution in [2.24, 2.45) is 0 Å². The van der Waals surface area contributed by atoms with Crippen molar-refractivity contribution in [3.8, 4) is 11.1 Å². The van der Waals surface area contributed by atoms with Gasteiger partial charge in [0.15, 0.2) is 0 Å². The van der Waals surface area contributed by atoms with E-state index in [1.54, 1.807) is 0 Å².